The molecule has 2 fully saturated rings. The van der Waals surface area contributed by atoms with Gasteiger partial charge in [0.1, 0.15) is 5.76 Å². The summed E-state index contributed by atoms with van der Waals surface area (Å²) in [4.78, 5) is 12.5. The Morgan fingerprint density at radius 3 is 2.48 bits per heavy atom. The van der Waals surface area contributed by atoms with Crippen molar-refractivity contribution in [3.05, 3.63) is 11.8 Å². The number of aromatic nitrogens is 1. The van der Waals surface area contributed by atoms with Crippen molar-refractivity contribution in [3.8, 4) is 0 Å². The molecule has 0 spiro atoms. The van der Waals surface area contributed by atoms with Crippen LogP contribution in [0.4, 0.5) is 5.82 Å². The lowest BCUT2D eigenvalue weighted by molar-refractivity contribution is -0.120. The largest absolute Gasteiger partial charge is 0.360 e. The molecule has 8 nitrogen and oxygen atoms in total. The molecule has 3 rings (SSSR count). The van der Waals surface area contributed by atoms with Crippen LogP contribution in [0, 0.1) is 12.8 Å². The Labute approximate surface area is 148 Å². The first-order chi connectivity index (χ1) is 12.0. The summed E-state index contributed by atoms with van der Waals surface area (Å²) in [6.07, 6.45) is 5.32. The minimum absolute atomic E-state index is 0.205. The van der Waals surface area contributed by atoms with E-state index in [1.165, 1.54) is 4.31 Å². The van der Waals surface area contributed by atoms with Gasteiger partial charge in [-0.3, -0.25) is 4.79 Å². The molecular formula is C16H26N4O4S. The van der Waals surface area contributed by atoms with Gasteiger partial charge in [0.25, 0.3) is 10.2 Å². The zero-order valence-corrected chi connectivity index (χ0v) is 15.4. The van der Waals surface area contributed by atoms with Gasteiger partial charge in [0.15, 0.2) is 5.82 Å². The summed E-state index contributed by atoms with van der Waals surface area (Å²) in [7, 11) is -3.49. The Balaban J connectivity index is 1.64. The smallest absolute Gasteiger partial charge is 0.281 e. The lowest BCUT2D eigenvalue weighted by Gasteiger charge is -2.34. The average molecular weight is 370 g/mol. The van der Waals surface area contributed by atoms with Crippen molar-refractivity contribution in [1.82, 2.24) is 13.8 Å². The molecule has 0 aromatic carbocycles. The molecule has 3 heterocycles. The summed E-state index contributed by atoms with van der Waals surface area (Å²) in [5, 5.41) is 6.47. The third kappa shape index (κ3) is 4.39. The molecule has 9 heteroatoms. The molecule has 2 aliphatic heterocycles. The van der Waals surface area contributed by atoms with Gasteiger partial charge in [-0.25, -0.2) is 0 Å². The van der Waals surface area contributed by atoms with Crippen LogP contribution in [0.15, 0.2) is 10.6 Å². The second kappa shape index (κ2) is 7.84. The first-order valence-electron chi connectivity index (χ1n) is 8.96. The number of amides is 1. The number of aryl methyl sites for hydroxylation is 1. The lowest BCUT2D eigenvalue weighted by atomic mass is 9.99. The van der Waals surface area contributed by atoms with Crippen LogP contribution in [0.5, 0.6) is 0 Å². The van der Waals surface area contributed by atoms with E-state index >= 15 is 0 Å². The molecule has 0 aliphatic carbocycles. The Kier molecular flexibility index (Phi) is 5.75. The van der Waals surface area contributed by atoms with E-state index in [0.717, 1.165) is 25.7 Å². The van der Waals surface area contributed by atoms with E-state index in [2.05, 4.69) is 10.5 Å². The average Bonchev–Trinajstić information content (AvgIpc) is 2.85. The number of anilines is 1. The standard InChI is InChI=1S/C16H26N4O4S/c1-13-11-15(18-24-13)17-16(21)14-7-6-10-20(12-14)25(22,23)19-8-4-2-3-5-9-19/h11,14H,2-10,12H2,1H3,(H,17,18,21). The van der Waals surface area contributed by atoms with Crippen molar-refractivity contribution in [2.24, 2.45) is 5.92 Å². The van der Waals surface area contributed by atoms with E-state index in [4.69, 9.17) is 4.52 Å². The van der Waals surface area contributed by atoms with Gasteiger partial charge in [-0.05, 0) is 32.6 Å². The minimum atomic E-state index is -3.49. The SMILES string of the molecule is Cc1cc(NC(=O)C2CCCN(S(=O)(=O)N3CCCCCC3)C2)no1. The second-order valence-electron chi connectivity index (χ2n) is 6.83. The zero-order valence-electron chi connectivity index (χ0n) is 14.6. The minimum Gasteiger partial charge on any atom is -0.360 e. The lowest BCUT2D eigenvalue weighted by Crippen LogP contribution is -2.50. The summed E-state index contributed by atoms with van der Waals surface area (Å²) in [6, 6.07) is 1.65. The highest BCUT2D eigenvalue weighted by Gasteiger charge is 2.36. The number of hydrogen-bond acceptors (Lipinski definition) is 5. The number of rotatable bonds is 4. The van der Waals surface area contributed by atoms with Gasteiger partial charge in [-0.15, -0.1) is 0 Å². The maximum Gasteiger partial charge on any atom is 0.281 e. The predicted molar refractivity (Wildman–Crippen MR) is 93.1 cm³/mol. The van der Waals surface area contributed by atoms with Gasteiger partial charge >= 0.3 is 0 Å². The van der Waals surface area contributed by atoms with Crippen molar-refractivity contribution >= 4 is 21.9 Å². The van der Waals surface area contributed by atoms with E-state index in [9.17, 15) is 13.2 Å². The van der Waals surface area contributed by atoms with Crippen LogP contribution in [0.3, 0.4) is 0 Å². The Bertz CT molecular complexity index is 695. The van der Waals surface area contributed by atoms with E-state index in [1.54, 1.807) is 17.3 Å². The highest BCUT2D eigenvalue weighted by molar-refractivity contribution is 7.86. The molecule has 0 radical (unpaired) electrons. The number of piperidine rings is 1. The van der Waals surface area contributed by atoms with Gasteiger partial charge in [0, 0.05) is 32.2 Å². The molecule has 25 heavy (non-hydrogen) atoms. The molecule has 0 bridgehead atoms. The van der Waals surface area contributed by atoms with Gasteiger partial charge in [0.05, 0.1) is 5.92 Å². The Morgan fingerprint density at radius 2 is 1.84 bits per heavy atom. The molecule has 1 N–H and O–H groups in total. The summed E-state index contributed by atoms with van der Waals surface area (Å²) in [5.74, 6) is 0.413. The number of carbonyl (C=O) groups is 1. The van der Waals surface area contributed by atoms with Crippen molar-refractivity contribution < 1.29 is 17.7 Å². The normalized spacial score (nSPS) is 24.0. The van der Waals surface area contributed by atoms with Crippen molar-refractivity contribution in [3.63, 3.8) is 0 Å². The molecule has 0 saturated carbocycles. The van der Waals surface area contributed by atoms with Gasteiger partial charge in [-0.1, -0.05) is 18.0 Å². The molecular weight excluding hydrogens is 344 g/mol. The first kappa shape index (κ1) is 18.3. The van der Waals surface area contributed by atoms with E-state index in [0.29, 0.717) is 44.1 Å². The summed E-state index contributed by atoms with van der Waals surface area (Å²) >= 11 is 0. The summed E-state index contributed by atoms with van der Waals surface area (Å²) < 4.78 is 33.8. The van der Waals surface area contributed by atoms with Gasteiger partial charge in [-0.2, -0.15) is 17.0 Å². The predicted octanol–water partition coefficient (Wildman–Crippen LogP) is 1.75. The maximum atomic E-state index is 12.9. The first-order valence-corrected chi connectivity index (χ1v) is 10.4. The quantitative estimate of drug-likeness (QED) is 0.871. The van der Waals surface area contributed by atoms with Crippen LogP contribution in [0.25, 0.3) is 0 Å². The van der Waals surface area contributed by atoms with E-state index < -0.39 is 10.2 Å². The number of carbonyl (C=O) groups excluding carboxylic acids is 1. The topological polar surface area (TPSA) is 95.8 Å². The fourth-order valence-electron chi connectivity index (χ4n) is 3.46. The molecule has 1 amide bonds. The monoisotopic (exact) mass is 370 g/mol. The molecule has 140 valence electrons. The van der Waals surface area contributed by atoms with Crippen LogP contribution >= 0.6 is 0 Å². The highest BCUT2D eigenvalue weighted by atomic mass is 32.2. The van der Waals surface area contributed by atoms with Crippen LogP contribution in [-0.4, -0.2) is 54.3 Å². The third-order valence-electron chi connectivity index (χ3n) is 4.85. The Hall–Kier alpha value is -1.45. The summed E-state index contributed by atoms with van der Waals surface area (Å²) in [6.45, 7) is 3.60. The number of nitrogens with zero attached hydrogens (tertiary/aromatic N) is 3. The molecule has 2 aliphatic rings. The molecule has 1 aromatic heterocycles. The number of nitrogens with one attached hydrogen (secondary N) is 1. The number of hydrogen-bond donors (Lipinski definition) is 1. The fourth-order valence-corrected chi connectivity index (χ4v) is 5.23. The molecule has 2 saturated heterocycles. The van der Waals surface area contributed by atoms with Gasteiger partial charge < -0.3 is 9.84 Å². The second-order valence-corrected chi connectivity index (χ2v) is 8.76. The van der Waals surface area contributed by atoms with Crippen molar-refractivity contribution in [2.75, 3.05) is 31.5 Å². The molecule has 1 atom stereocenters. The zero-order chi connectivity index (χ0) is 17.9. The van der Waals surface area contributed by atoms with Crippen molar-refractivity contribution in [2.45, 2.75) is 45.4 Å². The van der Waals surface area contributed by atoms with Gasteiger partial charge in [0.2, 0.25) is 5.91 Å². The van der Waals surface area contributed by atoms with Crippen LogP contribution in [0.1, 0.15) is 44.3 Å². The third-order valence-corrected chi connectivity index (χ3v) is 6.85. The molecule has 1 unspecified atom stereocenters. The summed E-state index contributed by atoms with van der Waals surface area (Å²) in [5.41, 5.74) is 0. The maximum absolute atomic E-state index is 12.9. The molecule has 1 aromatic rings. The fraction of sp³-hybridized carbons (Fsp3) is 0.750. The Morgan fingerprint density at radius 1 is 1.16 bits per heavy atom. The van der Waals surface area contributed by atoms with Crippen LogP contribution in [-0.2, 0) is 15.0 Å². The van der Waals surface area contributed by atoms with Crippen LogP contribution < -0.4 is 5.32 Å². The van der Waals surface area contributed by atoms with Crippen LogP contribution in [0.2, 0.25) is 0 Å². The van der Waals surface area contributed by atoms with E-state index in [1.807, 2.05) is 0 Å². The van der Waals surface area contributed by atoms with E-state index in [-0.39, 0.29) is 18.4 Å². The highest BCUT2D eigenvalue weighted by Crippen LogP contribution is 2.24. The van der Waals surface area contributed by atoms with Crippen molar-refractivity contribution in [1.29, 1.82) is 0 Å².